The SMILES string of the molecule is CCNCc1cc(F)cc(OC(C)C(=O)OC)c1. The van der Waals surface area contributed by atoms with Gasteiger partial charge in [0.2, 0.25) is 0 Å². The Morgan fingerprint density at radius 3 is 2.78 bits per heavy atom. The van der Waals surface area contributed by atoms with Gasteiger partial charge in [-0.15, -0.1) is 0 Å². The predicted octanol–water partition coefficient (Wildman–Crippen LogP) is 1.88. The van der Waals surface area contributed by atoms with Crippen LogP contribution in [0.5, 0.6) is 5.75 Å². The van der Waals surface area contributed by atoms with Crippen LogP contribution in [-0.2, 0) is 16.1 Å². The molecule has 0 spiro atoms. The van der Waals surface area contributed by atoms with Crippen molar-refractivity contribution in [2.75, 3.05) is 13.7 Å². The van der Waals surface area contributed by atoms with Gasteiger partial charge in [-0.2, -0.15) is 0 Å². The van der Waals surface area contributed by atoms with Gasteiger partial charge in [0, 0.05) is 12.6 Å². The minimum Gasteiger partial charge on any atom is -0.479 e. The van der Waals surface area contributed by atoms with Gasteiger partial charge in [-0.3, -0.25) is 0 Å². The lowest BCUT2D eigenvalue weighted by Crippen LogP contribution is -2.25. The van der Waals surface area contributed by atoms with E-state index in [4.69, 9.17) is 4.74 Å². The van der Waals surface area contributed by atoms with E-state index >= 15 is 0 Å². The maximum absolute atomic E-state index is 13.4. The van der Waals surface area contributed by atoms with Gasteiger partial charge in [-0.1, -0.05) is 6.92 Å². The molecule has 100 valence electrons. The molecule has 1 N–H and O–H groups in total. The zero-order valence-electron chi connectivity index (χ0n) is 10.8. The molecule has 0 bridgehead atoms. The number of esters is 1. The second kappa shape index (κ2) is 6.96. The molecule has 0 aliphatic heterocycles. The zero-order chi connectivity index (χ0) is 13.5. The van der Waals surface area contributed by atoms with Crippen LogP contribution in [0.1, 0.15) is 19.4 Å². The third-order valence-corrected chi connectivity index (χ3v) is 2.36. The van der Waals surface area contributed by atoms with E-state index in [0.717, 1.165) is 12.1 Å². The molecule has 5 heteroatoms. The second-order valence-corrected chi connectivity index (χ2v) is 3.86. The number of carbonyl (C=O) groups is 1. The fourth-order valence-corrected chi connectivity index (χ4v) is 1.48. The Bertz CT molecular complexity index is 409. The summed E-state index contributed by atoms with van der Waals surface area (Å²) in [5.41, 5.74) is 0.768. The molecule has 0 aromatic heterocycles. The predicted molar refractivity (Wildman–Crippen MR) is 65.9 cm³/mol. The summed E-state index contributed by atoms with van der Waals surface area (Å²) in [5, 5.41) is 3.09. The van der Waals surface area contributed by atoms with Gasteiger partial charge in [-0.05, 0) is 31.2 Å². The number of halogens is 1. The second-order valence-electron chi connectivity index (χ2n) is 3.86. The molecule has 1 atom stereocenters. The summed E-state index contributed by atoms with van der Waals surface area (Å²) in [4.78, 5) is 11.2. The Balaban J connectivity index is 2.76. The van der Waals surface area contributed by atoms with E-state index in [9.17, 15) is 9.18 Å². The van der Waals surface area contributed by atoms with E-state index in [2.05, 4.69) is 10.1 Å². The van der Waals surface area contributed by atoms with Crippen molar-refractivity contribution in [3.63, 3.8) is 0 Å². The Morgan fingerprint density at radius 1 is 1.44 bits per heavy atom. The van der Waals surface area contributed by atoms with Crippen LogP contribution < -0.4 is 10.1 Å². The molecule has 1 aromatic rings. The van der Waals surface area contributed by atoms with Gasteiger partial charge >= 0.3 is 5.97 Å². The molecule has 0 saturated carbocycles. The summed E-state index contributed by atoms with van der Waals surface area (Å²) in [7, 11) is 1.28. The van der Waals surface area contributed by atoms with Crippen LogP contribution in [0.3, 0.4) is 0 Å². The number of methoxy groups -OCH3 is 1. The molecule has 1 unspecified atom stereocenters. The summed E-state index contributed by atoms with van der Waals surface area (Å²) in [6, 6.07) is 4.37. The summed E-state index contributed by atoms with van der Waals surface area (Å²) in [6.45, 7) is 4.87. The standard InChI is InChI=1S/C13H18FNO3/c1-4-15-8-10-5-11(14)7-12(6-10)18-9(2)13(16)17-3/h5-7,9,15H,4,8H2,1-3H3. The van der Waals surface area contributed by atoms with Crippen molar-refractivity contribution >= 4 is 5.97 Å². The van der Waals surface area contributed by atoms with E-state index in [0.29, 0.717) is 12.3 Å². The lowest BCUT2D eigenvalue weighted by Gasteiger charge is -2.13. The number of nitrogens with one attached hydrogen (secondary N) is 1. The largest absolute Gasteiger partial charge is 0.479 e. The first-order valence-corrected chi connectivity index (χ1v) is 5.81. The highest BCUT2D eigenvalue weighted by molar-refractivity contribution is 5.74. The van der Waals surface area contributed by atoms with E-state index in [1.54, 1.807) is 13.0 Å². The van der Waals surface area contributed by atoms with Crippen LogP contribution in [0.25, 0.3) is 0 Å². The first-order valence-electron chi connectivity index (χ1n) is 5.81. The average Bonchev–Trinajstić information content (AvgIpc) is 2.34. The fraction of sp³-hybridized carbons (Fsp3) is 0.462. The molecule has 0 aliphatic rings. The lowest BCUT2D eigenvalue weighted by molar-refractivity contribution is -0.147. The minimum atomic E-state index is -0.760. The highest BCUT2D eigenvalue weighted by Gasteiger charge is 2.15. The highest BCUT2D eigenvalue weighted by Crippen LogP contribution is 2.18. The number of hydrogen-bond acceptors (Lipinski definition) is 4. The lowest BCUT2D eigenvalue weighted by atomic mass is 10.2. The summed E-state index contributed by atoms with van der Waals surface area (Å²) >= 11 is 0. The molecule has 0 aliphatic carbocycles. The number of ether oxygens (including phenoxy) is 2. The van der Waals surface area contributed by atoms with Gasteiger partial charge in [0.15, 0.2) is 6.10 Å². The molecular weight excluding hydrogens is 237 g/mol. The Morgan fingerprint density at radius 2 is 2.17 bits per heavy atom. The van der Waals surface area contributed by atoms with Gasteiger partial charge in [0.05, 0.1) is 7.11 Å². The van der Waals surface area contributed by atoms with E-state index < -0.39 is 17.9 Å². The molecule has 0 saturated heterocycles. The molecule has 1 aromatic carbocycles. The third-order valence-electron chi connectivity index (χ3n) is 2.36. The Hall–Kier alpha value is -1.62. The number of hydrogen-bond donors (Lipinski definition) is 1. The summed E-state index contributed by atoms with van der Waals surface area (Å²) < 4.78 is 23.2. The average molecular weight is 255 g/mol. The van der Waals surface area contributed by atoms with Crippen molar-refractivity contribution in [2.45, 2.75) is 26.5 Å². The van der Waals surface area contributed by atoms with Crippen LogP contribution in [0.2, 0.25) is 0 Å². The molecule has 1 rings (SSSR count). The first kappa shape index (κ1) is 14.4. The fourth-order valence-electron chi connectivity index (χ4n) is 1.48. The molecular formula is C13H18FNO3. The number of carbonyl (C=O) groups excluding carboxylic acids is 1. The molecule has 4 nitrogen and oxygen atoms in total. The Labute approximate surface area is 106 Å². The van der Waals surface area contributed by atoms with Gasteiger partial charge < -0.3 is 14.8 Å². The van der Waals surface area contributed by atoms with Gasteiger partial charge in [-0.25, -0.2) is 9.18 Å². The number of benzene rings is 1. The monoisotopic (exact) mass is 255 g/mol. The van der Waals surface area contributed by atoms with Gasteiger partial charge in [0.1, 0.15) is 11.6 Å². The minimum absolute atomic E-state index is 0.320. The molecule has 0 radical (unpaired) electrons. The quantitative estimate of drug-likeness (QED) is 0.788. The van der Waals surface area contributed by atoms with Crippen molar-refractivity contribution in [2.24, 2.45) is 0 Å². The van der Waals surface area contributed by atoms with Crippen LogP contribution in [0, 0.1) is 5.82 Å². The topological polar surface area (TPSA) is 47.6 Å². The molecule has 0 fully saturated rings. The van der Waals surface area contributed by atoms with Crippen LogP contribution in [-0.4, -0.2) is 25.7 Å². The summed E-state index contributed by atoms with van der Waals surface area (Å²) in [5.74, 6) is -0.564. The van der Waals surface area contributed by atoms with Gasteiger partial charge in [0.25, 0.3) is 0 Å². The van der Waals surface area contributed by atoms with Crippen LogP contribution >= 0.6 is 0 Å². The first-order chi connectivity index (χ1) is 8.56. The van der Waals surface area contributed by atoms with Crippen molar-refractivity contribution in [1.29, 1.82) is 0 Å². The van der Waals surface area contributed by atoms with Crippen LogP contribution in [0.15, 0.2) is 18.2 Å². The highest BCUT2D eigenvalue weighted by atomic mass is 19.1. The smallest absolute Gasteiger partial charge is 0.346 e. The van der Waals surface area contributed by atoms with E-state index in [-0.39, 0.29) is 0 Å². The van der Waals surface area contributed by atoms with Crippen LogP contribution in [0.4, 0.5) is 4.39 Å². The Kier molecular flexibility index (Phi) is 5.58. The zero-order valence-corrected chi connectivity index (χ0v) is 10.8. The van der Waals surface area contributed by atoms with E-state index in [1.807, 2.05) is 6.92 Å². The maximum atomic E-state index is 13.4. The number of rotatable bonds is 6. The van der Waals surface area contributed by atoms with Crippen molar-refractivity contribution in [3.05, 3.63) is 29.6 Å². The molecule has 18 heavy (non-hydrogen) atoms. The molecule has 0 amide bonds. The normalized spacial score (nSPS) is 12.0. The molecule has 0 heterocycles. The third kappa shape index (κ3) is 4.33. The van der Waals surface area contributed by atoms with Crippen molar-refractivity contribution in [3.8, 4) is 5.75 Å². The summed E-state index contributed by atoms with van der Waals surface area (Å²) in [6.07, 6.45) is -0.760. The van der Waals surface area contributed by atoms with Crippen molar-refractivity contribution < 1.29 is 18.7 Å². The van der Waals surface area contributed by atoms with E-state index in [1.165, 1.54) is 19.2 Å². The maximum Gasteiger partial charge on any atom is 0.346 e. The van der Waals surface area contributed by atoms with Crippen molar-refractivity contribution in [1.82, 2.24) is 5.32 Å².